The highest BCUT2D eigenvalue weighted by Crippen LogP contribution is 2.27. The van der Waals surface area contributed by atoms with E-state index < -0.39 is 5.60 Å². The van der Waals surface area contributed by atoms with E-state index in [-0.39, 0.29) is 18.6 Å². The van der Waals surface area contributed by atoms with Gasteiger partial charge in [-0.2, -0.15) is 0 Å². The molecule has 6 nitrogen and oxygen atoms in total. The van der Waals surface area contributed by atoms with E-state index in [4.69, 9.17) is 9.15 Å². The molecule has 23 heavy (non-hydrogen) atoms. The van der Waals surface area contributed by atoms with Gasteiger partial charge in [0.25, 0.3) is 0 Å². The molecule has 0 bridgehead atoms. The average molecular weight is 318 g/mol. The van der Waals surface area contributed by atoms with Crippen LogP contribution in [0.4, 0.5) is 4.79 Å². The second-order valence-electron chi connectivity index (χ2n) is 6.14. The van der Waals surface area contributed by atoms with E-state index in [1.165, 1.54) is 0 Å². The van der Waals surface area contributed by atoms with Crippen LogP contribution in [0.5, 0.6) is 0 Å². The van der Waals surface area contributed by atoms with E-state index in [9.17, 15) is 9.90 Å². The van der Waals surface area contributed by atoms with Crippen LogP contribution in [0.3, 0.4) is 0 Å². The van der Waals surface area contributed by atoms with E-state index in [0.29, 0.717) is 19.0 Å². The number of hydrogen-bond donors (Lipinski definition) is 3. The van der Waals surface area contributed by atoms with Gasteiger partial charge in [0.2, 0.25) is 0 Å². The van der Waals surface area contributed by atoms with Gasteiger partial charge in [0.05, 0.1) is 6.54 Å². The summed E-state index contributed by atoms with van der Waals surface area (Å²) in [5.74, 6) is 0.435. The summed E-state index contributed by atoms with van der Waals surface area (Å²) in [6, 6.07) is 9.20. The number of rotatable bonds is 4. The highest BCUT2D eigenvalue weighted by Gasteiger charge is 2.28. The molecule has 0 unspecified atom stereocenters. The van der Waals surface area contributed by atoms with Crippen LogP contribution in [-0.2, 0) is 10.3 Å². The van der Waals surface area contributed by atoms with Crippen molar-refractivity contribution < 1.29 is 19.1 Å². The molecule has 1 aromatic carbocycles. The fourth-order valence-corrected chi connectivity index (χ4v) is 2.67. The van der Waals surface area contributed by atoms with Crippen LogP contribution in [-0.4, -0.2) is 36.9 Å². The molecule has 2 amide bonds. The van der Waals surface area contributed by atoms with Crippen LogP contribution in [0, 0.1) is 0 Å². The van der Waals surface area contributed by atoms with Crippen molar-refractivity contribution in [3.63, 3.8) is 0 Å². The Morgan fingerprint density at radius 2 is 2.09 bits per heavy atom. The molecule has 3 rings (SSSR count). The maximum absolute atomic E-state index is 12.0. The number of carbonyl (C=O) groups is 1. The van der Waals surface area contributed by atoms with Crippen LogP contribution >= 0.6 is 0 Å². The minimum atomic E-state index is -1.27. The molecule has 2 aromatic rings. The summed E-state index contributed by atoms with van der Waals surface area (Å²) < 4.78 is 10.9. The first kappa shape index (κ1) is 15.8. The summed E-state index contributed by atoms with van der Waals surface area (Å²) in [6.07, 6.45) is 1.63. The summed E-state index contributed by atoms with van der Waals surface area (Å²) in [7, 11) is 0. The quantitative estimate of drug-likeness (QED) is 0.806. The summed E-state index contributed by atoms with van der Waals surface area (Å²) >= 11 is 0. The van der Waals surface area contributed by atoms with Gasteiger partial charge >= 0.3 is 6.03 Å². The van der Waals surface area contributed by atoms with Crippen molar-refractivity contribution in [3.8, 4) is 0 Å². The average Bonchev–Trinajstić information content (AvgIpc) is 2.99. The number of benzene rings is 1. The third kappa shape index (κ3) is 3.83. The largest absolute Gasteiger partial charge is 0.458 e. The smallest absolute Gasteiger partial charge is 0.315 e. The number of furan rings is 1. The van der Waals surface area contributed by atoms with Crippen molar-refractivity contribution in [1.29, 1.82) is 0 Å². The Hall–Kier alpha value is -2.05. The number of carbonyl (C=O) groups excluding carboxylic acids is 1. The third-order valence-electron chi connectivity index (χ3n) is 4.11. The molecule has 1 atom stereocenters. The Balaban J connectivity index is 1.58. The van der Waals surface area contributed by atoms with E-state index in [2.05, 4.69) is 10.6 Å². The first-order valence-corrected chi connectivity index (χ1v) is 7.88. The van der Waals surface area contributed by atoms with Crippen molar-refractivity contribution in [2.75, 3.05) is 19.8 Å². The first-order valence-electron chi connectivity index (χ1n) is 7.88. The lowest BCUT2D eigenvalue weighted by Crippen LogP contribution is -2.48. The fourth-order valence-electron chi connectivity index (χ4n) is 2.67. The number of ether oxygens (including phenoxy) is 1. The molecule has 1 aliphatic rings. The lowest BCUT2D eigenvalue weighted by molar-refractivity contribution is 0.0377. The van der Waals surface area contributed by atoms with Gasteiger partial charge in [0, 0.05) is 24.6 Å². The fraction of sp³-hybridized carbons (Fsp3) is 0.471. The van der Waals surface area contributed by atoms with Crippen LogP contribution in [0.15, 0.2) is 34.7 Å². The summed E-state index contributed by atoms with van der Waals surface area (Å²) in [4.78, 5) is 12.0. The lowest BCUT2D eigenvalue weighted by atomic mass is 10.0. The highest BCUT2D eigenvalue weighted by molar-refractivity contribution is 5.78. The second kappa shape index (κ2) is 6.60. The monoisotopic (exact) mass is 318 g/mol. The number of para-hydroxylation sites is 1. The van der Waals surface area contributed by atoms with Crippen LogP contribution in [0.2, 0.25) is 0 Å². The van der Waals surface area contributed by atoms with Crippen LogP contribution < -0.4 is 10.6 Å². The molecule has 0 aliphatic carbocycles. The van der Waals surface area contributed by atoms with Gasteiger partial charge in [-0.25, -0.2) is 4.79 Å². The van der Waals surface area contributed by atoms with Crippen molar-refractivity contribution in [3.05, 3.63) is 36.1 Å². The van der Waals surface area contributed by atoms with Crippen molar-refractivity contribution >= 4 is 17.0 Å². The minimum absolute atomic E-state index is 0.0713. The zero-order valence-electron chi connectivity index (χ0n) is 13.2. The molecule has 3 N–H and O–H groups in total. The SMILES string of the molecule is C[C@](O)(CNC(=O)NC1CCOCC1)c1cc2ccccc2o1. The van der Waals surface area contributed by atoms with Gasteiger partial charge in [0.1, 0.15) is 16.9 Å². The molecular weight excluding hydrogens is 296 g/mol. The summed E-state index contributed by atoms with van der Waals surface area (Å²) in [5.41, 5.74) is -0.555. The van der Waals surface area contributed by atoms with Gasteiger partial charge in [-0.3, -0.25) is 0 Å². The molecule has 6 heteroatoms. The van der Waals surface area contributed by atoms with Crippen LogP contribution in [0.1, 0.15) is 25.5 Å². The van der Waals surface area contributed by atoms with Gasteiger partial charge in [-0.15, -0.1) is 0 Å². The Morgan fingerprint density at radius 1 is 1.35 bits per heavy atom. The third-order valence-corrected chi connectivity index (χ3v) is 4.11. The molecule has 1 fully saturated rings. The van der Waals surface area contributed by atoms with Crippen molar-refractivity contribution in [2.45, 2.75) is 31.4 Å². The first-order chi connectivity index (χ1) is 11.0. The Morgan fingerprint density at radius 3 is 2.83 bits per heavy atom. The van der Waals surface area contributed by atoms with Gasteiger partial charge in [-0.1, -0.05) is 18.2 Å². The van der Waals surface area contributed by atoms with E-state index in [1.807, 2.05) is 24.3 Å². The standard InChI is InChI=1S/C17H22N2O4/c1-17(21,15-10-12-4-2-3-5-14(12)23-15)11-18-16(20)19-13-6-8-22-9-7-13/h2-5,10,13,21H,6-9,11H2,1H3,(H2,18,19,20)/t17-/m0/s1. The van der Waals surface area contributed by atoms with Gasteiger partial charge < -0.3 is 24.9 Å². The molecule has 1 aromatic heterocycles. The molecule has 0 radical (unpaired) electrons. The highest BCUT2D eigenvalue weighted by atomic mass is 16.5. The predicted molar refractivity (Wildman–Crippen MR) is 86.2 cm³/mol. The number of hydrogen-bond acceptors (Lipinski definition) is 4. The Kier molecular flexibility index (Phi) is 4.54. The van der Waals surface area contributed by atoms with Gasteiger partial charge in [0.15, 0.2) is 0 Å². The molecule has 1 saturated heterocycles. The predicted octanol–water partition coefficient (Wildman–Crippen LogP) is 2.12. The van der Waals surface area contributed by atoms with Gasteiger partial charge in [-0.05, 0) is 31.9 Å². The number of urea groups is 1. The Bertz CT molecular complexity index is 641. The molecule has 0 saturated carbocycles. The maximum atomic E-state index is 12.0. The number of fused-ring (bicyclic) bond motifs is 1. The minimum Gasteiger partial charge on any atom is -0.458 e. The van der Waals surface area contributed by atoms with E-state index in [1.54, 1.807) is 13.0 Å². The van der Waals surface area contributed by atoms with E-state index in [0.717, 1.165) is 23.8 Å². The van der Waals surface area contributed by atoms with Crippen LogP contribution in [0.25, 0.3) is 11.0 Å². The summed E-state index contributed by atoms with van der Waals surface area (Å²) in [6.45, 7) is 3.03. The molecular formula is C17H22N2O4. The van der Waals surface area contributed by atoms with Crippen molar-refractivity contribution in [2.24, 2.45) is 0 Å². The zero-order valence-corrected chi connectivity index (χ0v) is 13.2. The molecule has 1 aliphatic heterocycles. The Labute approximate surface area is 134 Å². The summed E-state index contributed by atoms with van der Waals surface area (Å²) in [5, 5.41) is 17.1. The molecule has 2 heterocycles. The molecule has 124 valence electrons. The topological polar surface area (TPSA) is 83.7 Å². The number of aliphatic hydroxyl groups is 1. The maximum Gasteiger partial charge on any atom is 0.315 e. The normalized spacial score (nSPS) is 18.5. The second-order valence-corrected chi connectivity index (χ2v) is 6.14. The lowest BCUT2D eigenvalue weighted by Gasteiger charge is -2.25. The number of amides is 2. The van der Waals surface area contributed by atoms with Crippen molar-refractivity contribution in [1.82, 2.24) is 10.6 Å². The zero-order chi connectivity index (χ0) is 16.3. The molecule has 0 spiro atoms. The number of nitrogens with one attached hydrogen (secondary N) is 2. The van der Waals surface area contributed by atoms with E-state index >= 15 is 0 Å².